The van der Waals surface area contributed by atoms with Crippen molar-refractivity contribution in [3.8, 4) is 0 Å². The molecule has 0 atom stereocenters. The van der Waals surface area contributed by atoms with Crippen LogP contribution in [0, 0.1) is 9.81 Å². The van der Waals surface area contributed by atoms with Crippen LogP contribution in [0.4, 0.5) is 0 Å². The van der Waals surface area contributed by atoms with Gasteiger partial charge in [-0.15, -0.1) is 9.81 Å². The summed E-state index contributed by atoms with van der Waals surface area (Å²) in [5.41, 5.74) is 2.48. The maximum absolute atomic E-state index is 10.5. The molecule has 0 fully saturated rings. The van der Waals surface area contributed by atoms with E-state index in [0.29, 0.717) is 24.9 Å². The second-order valence-electron chi connectivity index (χ2n) is 5.02. The van der Waals surface area contributed by atoms with Crippen molar-refractivity contribution in [3.05, 3.63) is 81.5 Å². The van der Waals surface area contributed by atoms with Crippen LogP contribution in [0.15, 0.2) is 82.0 Å². The predicted molar refractivity (Wildman–Crippen MR) is 88.0 cm³/mol. The number of rotatable bonds is 6. The molecule has 0 saturated carbocycles. The zero-order chi connectivity index (χ0) is 16.7. The number of nitroso groups, excluding NO2 is 2. The minimum atomic E-state index is 0.379. The average Bonchev–Trinajstić information content (AvgIpc) is 2.61. The molecule has 0 aromatic heterocycles. The molecular weight excluding hydrogens is 296 g/mol. The Bertz CT molecular complexity index is 568. The molecule has 120 valence electrons. The van der Waals surface area contributed by atoms with Crippen molar-refractivity contribution < 1.29 is 4.74 Å². The maximum atomic E-state index is 10.5. The van der Waals surface area contributed by atoms with Crippen LogP contribution in [0.1, 0.15) is 13.8 Å². The Labute approximate surface area is 134 Å². The van der Waals surface area contributed by atoms with Crippen molar-refractivity contribution >= 4 is 0 Å². The second kappa shape index (κ2) is 8.00. The van der Waals surface area contributed by atoms with Crippen LogP contribution in [-0.2, 0) is 4.74 Å². The van der Waals surface area contributed by atoms with E-state index in [1.807, 2.05) is 58.9 Å². The van der Waals surface area contributed by atoms with E-state index in [1.54, 1.807) is 13.8 Å². The first-order valence-corrected chi connectivity index (χ1v) is 7.04. The fourth-order valence-electron chi connectivity index (χ4n) is 1.93. The molecule has 7 heteroatoms. The molecule has 2 aliphatic heterocycles. The van der Waals surface area contributed by atoms with Gasteiger partial charge in [-0.1, -0.05) is 0 Å². The molecule has 0 spiro atoms. The van der Waals surface area contributed by atoms with Gasteiger partial charge < -0.3 is 14.5 Å². The average molecular weight is 314 g/mol. The summed E-state index contributed by atoms with van der Waals surface area (Å²) in [6, 6.07) is 0. The zero-order valence-corrected chi connectivity index (χ0v) is 13.0. The molecule has 0 saturated heterocycles. The van der Waals surface area contributed by atoms with Crippen LogP contribution in [-0.4, -0.2) is 23.3 Å². The summed E-state index contributed by atoms with van der Waals surface area (Å²) < 4.78 is 5.60. The summed E-state index contributed by atoms with van der Waals surface area (Å²) >= 11 is 0. The van der Waals surface area contributed by atoms with Gasteiger partial charge in [0.1, 0.15) is 13.5 Å². The molecule has 0 bridgehead atoms. The van der Waals surface area contributed by atoms with E-state index in [2.05, 4.69) is 10.4 Å². The van der Waals surface area contributed by atoms with Gasteiger partial charge in [0.15, 0.2) is 0 Å². The van der Waals surface area contributed by atoms with Gasteiger partial charge in [-0.2, -0.15) is 0 Å². The van der Waals surface area contributed by atoms with Gasteiger partial charge in [0, 0.05) is 35.9 Å². The molecule has 0 aromatic rings. The third-order valence-corrected chi connectivity index (χ3v) is 3.37. The molecule has 2 aliphatic rings. The summed E-state index contributed by atoms with van der Waals surface area (Å²) in [5.74, 6) is 0. The number of nitrogens with zero attached hydrogens (tertiary/aromatic N) is 4. The molecule has 0 radical (unpaired) electrons. The smallest absolute Gasteiger partial charge is 0.124 e. The highest BCUT2D eigenvalue weighted by Gasteiger charge is 2.06. The third-order valence-electron chi connectivity index (χ3n) is 3.37. The van der Waals surface area contributed by atoms with E-state index in [0.717, 1.165) is 11.1 Å². The zero-order valence-electron chi connectivity index (χ0n) is 13.0. The number of hydrogen-bond acceptors (Lipinski definition) is 7. The molecule has 7 nitrogen and oxygen atoms in total. The summed E-state index contributed by atoms with van der Waals surface area (Å²) in [6.45, 7) is 4.10. The van der Waals surface area contributed by atoms with Gasteiger partial charge in [-0.3, -0.25) is 0 Å². The largest absolute Gasteiger partial charge is 0.340 e. The van der Waals surface area contributed by atoms with Crippen LogP contribution in [0.25, 0.3) is 0 Å². The highest BCUT2D eigenvalue weighted by molar-refractivity contribution is 5.37. The normalized spacial score (nSPS) is 16.1. The minimum absolute atomic E-state index is 0.379. The summed E-state index contributed by atoms with van der Waals surface area (Å²) in [5, 5.41) is 5.82. The first kappa shape index (κ1) is 16.6. The molecule has 0 amide bonds. The fraction of sp³-hybridized carbons (Fsp3) is 0.250. The Morgan fingerprint density at radius 1 is 0.826 bits per heavy atom. The Hall–Kier alpha value is -2.80. The lowest BCUT2D eigenvalue weighted by atomic mass is 10.2. The first-order valence-electron chi connectivity index (χ1n) is 7.04. The van der Waals surface area contributed by atoms with Crippen molar-refractivity contribution in [2.75, 3.05) is 13.5 Å². The van der Waals surface area contributed by atoms with Crippen LogP contribution >= 0.6 is 0 Å². The summed E-state index contributed by atoms with van der Waals surface area (Å²) in [4.78, 5) is 24.6. The Morgan fingerprint density at radius 2 is 1.17 bits per heavy atom. The van der Waals surface area contributed by atoms with E-state index < -0.39 is 0 Å². The van der Waals surface area contributed by atoms with Gasteiger partial charge in [0.25, 0.3) is 0 Å². The number of allylic oxidation sites excluding steroid dienone is 8. The molecule has 2 heterocycles. The van der Waals surface area contributed by atoms with Crippen molar-refractivity contribution in [2.24, 2.45) is 10.4 Å². The van der Waals surface area contributed by atoms with Gasteiger partial charge in [-0.25, -0.2) is 0 Å². The van der Waals surface area contributed by atoms with Crippen molar-refractivity contribution in [2.45, 2.75) is 13.8 Å². The monoisotopic (exact) mass is 314 g/mol. The number of ether oxygens (including phenoxy) is 1. The van der Waals surface area contributed by atoms with E-state index in [4.69, 9.17) is 4.74 Å². The summed E-state index contributed by atoms with van der Waals surface area (Å²) in [6.07, 6.45) is 14.6. The fourth-order valence-corrected chi connectivity index (χ4v) is 1.93. The second-order valence-corrected chi connectivity index (χ2v) is 5.02. The van der Waals surface area contributed by atoms with Gasteiger partial charge in [0.2, 0.25) is 0 Å². The van der Waals surface area contributed by atoms with E-state index in [1.165, 1.54) is 0 Å². The first-order chi connectivity index (χ1) is 11.1. The summed E-state index contributed by atoms with van der Waals surface area (Å²) in [7, 11) is 0. The van der Waals surface area contributed by atoms with Crippen LogP contribution < -0.4 is 0 Å². The van der Waals surface area contributed by atoms with Crippen LogP contribution in [0.3, 0.4) is 0 Å². The predicted octanol–water partition coefficient (Wildman–Crippen LogP) is 3.68. The standard InChI is InChI=1S/C16H18N4O3/c1-13(17-21)15-3-7-19(8-4-15)11-23-12-20-9-5-16(6-10-20)14(2)18-22/h3-10H,11-12H2,1-2H3. The van der Waals surface area contributed by atoms with Gasteiger partial charge >= 0.3 is 0 Å². The molecule has 0 unspecified atom stereocenters. The lowest BCUT2D eigenvalue weighted by Crippen LogP contribution is -2.22. The van der Waals surface area contributed by atoms with Gasteiger partial charge in [0.05, 0.1) is 11.4 Å². The minimum Gasteiger partial charge on any atom is -0.340 e. The lowest BCUT2D eigenvalue weighted by molar-refractivity contribution is 0.0300. The lowest BCUT2D eigenvalue weighted by Gasteiger charge is -2.23. The van der Waals surface area contributed by atoms with Crippen LogP contribution in [0.2, 0.25) is 0 Å². The third kappa shape index (κ3) is 4.58. The van der Waals surface area contributed by atoms with Crippen molar-refractivity contribution in [3.63, 3.8) is 0 Å². The van der Waals surface area contributed by atoms with E-state index in [9.17, 15) is 9.81 Å². The van der Waals surface area contributed by atoms with E-state index >= 15 is 0 Å². The van der Waals surface area contributed by atoms with Gasteiger partial charge in [-0.05, 0) is 48.5 Å². The SMILES string of the molecule is CC(N=O)=C1C=CN(COCN2C=CC(=C(C)N=O)C=C2)C=C1. The molecule has 2 rings (SSSR count). The highest BCUT2D eigenvalue weighted by Crippen LogP contribution is 2.16. The van der Waals surface area contributed by atoms with Crippen molar-refractivity contribution in [1.29, 1.82) is 0 Å². The molecule has 0 aliphatic carbocycles. The topological polar surface area (TPSA) is 74.6 Å². The van der Waals surface area contributed by atoms with Crippen molar-refractivity contribution in [1.82, 2.24) is 9.80 Å². The number of hydrogen-bond donors (Lipinski definition) is 0. The Morgan fingerprint density at radius 3 is 1.48 bits per heavy atom. The quantitative estimate of drug-likeness (QED) is 0.699. The molecular formula is C16H18N4O3. The van der Waals surface area contributed by atoms with E-state index in [-0.39, 0.29) is 0 Å². The highest BCUT2D eigenvalue weighted by atomic mass is 16.5. The molecule has 0 aromatic carbocycles. The molecule has 23 heavy (non-hydrogen) atoms. The maximum Gasteiger partial charge on any atom is 0.124 e. The Kier molecular flexibility index (Phi) is 5.76. The van der Waals surface area contributed by atoms with Crippen LogP contribution in [0.5, 0.6) is 0 Å². The Balaban J connectivity index is 1.78. The molecule has 0 N–H and O–H groups in total.